The Morgan fingerprint density at radius 2 is 2.00 bits per heavy atom. The molecule has 1 heterocycles. The maximum absolute atomic E-state index is 12.2. The zero-order chi connectivity index (χ0) is 13.9. The van der Waals surface area contributed by atoms with Crippen molar-refractivity contribution < 1.29 is 14.7 Å². The lowest BCUT2D eigenvalue weighted by molar-refractivity contribution is -0.158. The number of rotatable bonds is 5. The average Bonchev–Trinajstić information content (AvgIpc) is 2.29. The van der Waals surface area contributed by atoms with Gasteiger partial charge in [0, 0.05) is 0 Å². The molecule has 1 aliphatic rings. The monoisotopic (exact) mass is 257 g/mol. The summed E-state index contributed by atoms with van der Waals surface area (Å²) in [5, 5.41) is 12.4. The van der Waals surface area contributed by atoms with Gasteiger partial charge in [0.05, 0.1) is 18.7 Å². The Hall–Kier alpha value is -1.30. The van der Waals surface area contributed by atoms with Crippen LogP contribution in [-0.4, -0.2) is 46.7 Å². The quantitative estimate of drug-likeness (QED) is 0.649. The number of nitrogens with one attached hydrogen (secondary N) is 1. The van der Waals surface area contributed by atoms with Crippen molar-refractivity contribution >= 4 is 11.9 Å². The minimum atomic E-state index is -0.762. The summed E-state index contributed by atoms with van der Waals surface area (Å²) in [6.45, 7) is 6.39. The van der Waals surface area contributed by atoms with Crippen LogP contribution in [-0.2, 0) is 4.79 Å². The van der Waals surface area contributed by atoms with Crippen molar-refractivity contribution in [3.05, 3.63) is 0 Å². The maximum Gasteiger partial charge on any atom is 0.312 e. The highest BCUT2D eigenvalue weighted by molar-refractivity contribution is 5.87. The molecule has 4 N–H and O–H groups in total. The molecule has 0 aromatic heterocycles. The van der Waals surface area contributed by atoms with Gasteiger partial charge >= 0.3 is 6.03 Å². The summed E-state index contributed by atoms with van der Waals surface area (Å²) in [6, 6.07) is -1.30. The van der Waals surface area contributed by atoms with Crippen molar-refractivity contribution in [3.63, 3.8) is 0 Å². The number of nitrogens with two attached hydrogens (primary N) is 1. The molecule has 0 bridgehead atoms. The van der Waals surface area contributed by atoms with Gasteiger partial charge in [0.15, 0.2) is 0 Å². The number of β-amino-alcohol motifs (C(OH)–C–C–N with tert-alkyl or cyclic N) is 1. The Balaban J connectivity index is 2.64. The van der Waals surface area contributed by atoms with Gasteiger partial charge in [-0.15, -0.1) is 0 Å². The number of amides is 3. The van der Waals surface area contributed by atoms with E-state index in [4.69, 9.17) is 5.73 Å². The van der Waals surface area contributed by atoms with Crippen LogP contribution in [0.25, 0.3) is 0 Å². The first-order valence-electron chi connectivity index (χ1n) is 6.40. The summed E-state index contributed by atoms with van der Waals surface area (Å²) in [5.74, 6) is -0.151. The first-order chi connectivity index (χ1) is 8.33. The summed E-state index contributed by atoms with van der Waals surface area (Å²) in [5.41, 5.74) is 4.33. The van der Waals surface area contributed by atoms with E-state index in [1.807, 2.05) is 20.8 Å². The highest BCUT2D eigenvalue weighted by Crippen LogP contribution is 2.25. The van der Waals surface area contributed by atoms with Crippen molar-refractivity contribution in [1.82, 2.24) is 10.2 Å². The molecule has 1 saturated heterocycles. The van der Waals surface area contributed by atoms with Crippen LogP contribution in [0.1, 0.15) is 33.6 Å². The molecule has 3 amide bonds. The lowest BCUT2D eigenvalue weighted by atomic mass is 9.89. The molecule has 0 radical (unpaired) electrons. The van der Waals surface area contributed by atoms with Crippen molar-refractivity contribution in [2.75, 3.05) is 13.1 Å². The summed E-state index contributed by atoms with van der Waals surface area (Å²) in [7, 11) is 0. The second-order valence-corrected chi connectivity index (χ2v) is 5.14. The van der Waals surface area contributed by atoms with Crippen LogP contribution in [0.5, 0.6) is 0 Å². The lowest BCUT2D eigenvalue weighted by Crippen LogP contribution is -2.67. The third kappa shape index (κ3) is 3.13. The van der Waals surface area contributed by atoms with Crippen LogP contribution in [0.4, 0.5) is 4.79 Å². The summed E-state index contributed by atoms with van der Waals surface area (Å²) in [6.07, 6.45) is 1.39. The minimum Gasteiger partial charge on any atom is -0.386 e. The molecule has 18 heavy (non-hydrogen) atoms. The minimum absolute atomic E-state index is 0.0142. The van der Waals surface area contributed by atoms with E-state index in [-0.39, 0.29) is 11.8 Å². The molecule has 1 aliphatic heterocycles. The van der Waals surface area contributed by atoms with E-state index in [1.165, 1.54) is 0 Å². The van der Waals surface area contributed by atoms with Gasteiger partial charge in [-0.2, -0.15) is 0 Å². The second-order valence-electron chi connectivity index (χ2n) is 5.14. The average molecular weight is 257 g/mol. The van der Waals surface area contributed by atoms with Gasteiger partial charge in [-0.05, 0) is 12.3 Å². The van der Waals surface area contributed by atoms with E-state index in [0.717, 1.165) is 6.42 Å². The van der Waals surface area contributed by atoms with Crippen LogP contribution in [0.2, 0.25) is 0 Å². The summed E-state index contributed by atoms with van der Waals surface area (Å²) in [4.78, 5) is 24.7. The van der Waals surface area contributed by atoms with Crippen LogP contribution >= 0.6 is 0 Å². The molecule has 2 atom stereocenters. The Morgan fingerprint density at radius 1 is 1.44 bits per heavy atom. The molecule has 1 fully saturated rings. The van der Waals surface area contributed by atoms with Crippen LogP contribution in [0, 0.1) is 5.92 Å². The molecule has 0 aromatic rings. The summed E-state index contributed by atoms with van der Waals surface area (Å²) >= 11 is 0. The van der Waals surface area contributed by atoms with Crippen molar-refractivity contribution in [3.8, 4) is 0 Å². The number of carbonyl (C=O) groups excluding carboxylic acids is 2. The molecule has 6 nitrogen and oxygen atoms in total. The summed E-state index contributed by atoms with van der Waals surface area (Å²) < 4.78 is 0. The van der Waals surface area contributed by atoms with E-state index in [9.17, 15) is 14.7 Å². The van der Waals surface area contributed by atoms with Crippen LogP contribution in [0.3, 0.4) is 0 Å². The first kappa shape index (κ1) is 14.8. The lowest BCUT2D eigenvalue weighted by Gasteiger charge is -2.47. The Kier molecular flexibility index (Phi) is 4.56. The first-order valence-corrected chi connectivity index (χ1v) is 6.40. The molecule has 104 valence electrons. The largest absolute Gasteiger partial charge is 0.386 e. The fraction of sp³-hybridized carbons (Fsp3) is 0.833. The molecule has 0 saturated carbocycles. The smallest absolute Gasteiger partial charge is 0.312 e. The normalized spacial score (nSPS) is 20.8. The van der Waals surface area contributed by atoms with Gasteiger partial charge in [-0.3, -0.25) is 4.79 Å². The molecule has 0 aliphatic carbocycles. The van der Waals surface area contributed by atoms with Gasteiger partial charge in [0.2, 0.25) is 5.91 Å². The number of hydrogen-bond donors (Lipinski definition) is 3. The van der Waals surface area contributed by atoms with Crippen molar-refractivity contribution in [2.24, 2.45) is 11.7 Å². The second kappa shape index (κ2) is 5.56. The van der Waals surface area contributed by atoms with Crippen molar-refractivity contribution in [2.45, 2.75) is 45.3 Å². The van der Waals surface area contributed by atoms with Gasteiger partial charge in [-0.25, -0.2) is 4.79 Å². The fourth-order valence-corrected chi connectivity index (χ4v) is 2.08. The third-order valence-corrected chi connectivity index (χ3v) is 3.72. The number of nitrogens with zero attached hydrogens (tertiary/aromatic N) is 1. The molecule has 0 aromatic carbocycles. The van der Waals surface area contributed by atoms with Gasteiger partial charge in [-0.1, -0.05) is 27.2 Å². The number of aliphatic hydroxyl groups is 1. The number of likely N-dealkylation sites (tertiary alicyclic amines) is 1. The Labute approximate surface area is 108 Å². The topological polar surface area (TPSA) is 95.7 Å². The van der Waals surface area contributed by atoms with Crippen LogP contribution < -0.4 is 11.1 Å². The van der Waals surface area contributed by atoms with Gasteiger partial charge < -0.3 is 21.1 Å². The van der Waals surface area contributed by atoms with Gasteiger partial charge in [0.1, 0.15) is 6.04 Å². The molecule has 0 spiro atoms. The highest BCUT2D eigenvalue weighted by atomic mass is 16.3. The number of hydrogen-bond acceptors (Lipinski definition) is 3. The predicted molar refractivity (Wildman–Crippen MR) is 67.8 cm³/mol. The zero-order valence-electron chi connectivity index (χ0n) is 11.3. The molecular weight excluding hydrogens is 234 g/mol. The SMILES string of the molecule is CCC(C)C(NC(N)=O)C(=O)N1CC(O)(CC)C1. The van der Waals surface area contributed by atoms with E-state index in [0.29, 0.717) is 19.5 Å². The number of carbonyl (C=O) groups is 2. The Morgan fingerprint density at radius 3 is 2.39 bits per heavy atom. The molecule has 2 unspecified atom stereocenters. The number of urea groups is 1. The molecule has 6 heteroatoms. The maximum atomic E-state index is 12.2. The highest BCUT2D eigenvalue weighted by Gasteiger charge is 2.44. The fourth-order valence-electron chi connectivity index (χ4n) is 2.08. The zero-order valence-corrected chi connectivity index (χ0v) is 11.3. The van der Waals surface area contributed by atoms with E-state index >= 15 is 0 Å². The van der Waals surface area contributed by atoms with Gasteiger partial charge in [0.25, 0.3) is 0 Å². The number of primary amides is 1. The van der Waals surface area contributed by atoms with E-state index in [2.05, 4.69) is 5.32 Å². The third-order valence-electron chi connectivity index (χ3n) is 3.72. The predicted octanol–water partition coefficient (Wildman–Crippen LogP) is 0.0527. The Bertz CT molecular complexity index is 327. The standard InChI is InChI=1S/C12H23N3O3/c1-4-8(3)9(14-11(13)17)10(16)15-6-12(18,5-2)7-15/h8-9,18H,4-7H2,1-3H3,(H3,13,14,17). The molecular formula is C12H23N3O3. The van der Waals surface area contributed by atoms with E-state index in [1.54, 1.807) is 4.90 Å². The van der Waals surface area contributed by atoms with Crippen molar-refractivity contribution in [1.29, 1.82) is 0 Å². The molecule has 1 rings (SSSR count). The van der Waals surface area contributed by atoms with E-state index < -0.39 is 17.7 Å². The van der Waals surface area contributed by atoms with Crippen LogP contribution in [0.15, 0.2) is 0 Å².